The molecule has 1 heterocycles. The number of nitrogens with zero attached hydrogens (tertiary/aromatic N) is 2. The van der Waals surface area contributed by atoms with Gasteiger partial charge in [0, 0.05) is 18.7 Å². The van der Waals surface area contributed by atoms with Crippen molar-refractivity contribution in [2.24, 2.45) is 0 Å². The van der Waals surface area contributed by atoms with Crippen LogP contribution in [-0.2, 0) is 11.2 Å². The van der Waals surface area contributed by atoms with Gasteiger partial charge in [-0.1, -0.05) is 12.1 Å². The molecule has 9 heteroatoms. The number of nitro benzene ring substituents is 1. The van der Waals surface area contributed by atoms with Gasteiger partial charge in [0.1, 0.15) is 6.54 Å². The minimum absolute atomic E-state index is 0.00401. The first-order valence-electron chi connectivity index (χ1n) is 7.58. The van der Waals surface area contributed by atoms with E-state index in [1.165, 1.54) is 12.1 Å². The molecule has 2 rings (SSSR count). The summed E-state index contributed by atoms with van der Waals surface area (Å²) in [4.78, 5) is 23.9. The summed E-state index contributed by atoms with van der Waals surface area (Å²) in [6.45, 7) is -0.155. The van der Waals surface area contributed by atoms with Gasteiger partial charge in [-0.15, -0.1) is 0 Å². The molecular formula is C15H18F3N3O3. The summed E-state index contributed by atoms with van der Waals surface area (Å²) in [5.41, 5.74) is 0.881. The van der Waals surface area contributed by atoms with Crippen LogP contribution in [0, 0.1) is 10.1 Å². The van der Waals surface area contributed by atoms with Gasteiger partial charge < -0.3 is 5.32 Å². The Labute approximate surface area is 136 Å². The predicted molar refractivity (Wildman–Crippen MR) is 80.5 cm³/mol. The van der Waals surface area contributed by atoms with Gasteiger partial charge in [-0.3, -0.25) is 19.8 Å². The van der Waals surface area contributed by atoms with Crippen molar-refractivity contribution >= 4 is 11.6 Å². The Morgan fingerprint density at radius 2 is 2.00 bits per heavy atom. The molecule has 1 unspecified atom stereocenters. The highest BCUT2D eigenvalue weighted by molar-refractivity contribution is 5.82. The Balaban J connectivity index is 1.86. The quantitative estimate of drug-likeness (QED) is 0.634. The van der Waals surface area contributed by atoms with E-state index in [4.69, 9.17) is 0 Å². The van der Waals surface area contributed by atoms with Gasteiger partial charge in [-0.25, -0.2) is 0 Å². The Bertz CT molecular complexity index is 590. The van der Waals surface area contributed by atoms with Crippen molar-refractivity contribution in [3.8, 4) is 0 Å². The average Bonchev–Trinajstić information content (AvgIpc) is 2.99. The summed E-state index contributed by atoms with van der Waals surface area (Å²) in [7, 11) is 0. The smallest absolute Gasteiger partial charge is 0.346 e. The number of rotatable bonds is 6. The third-order valence-electron chi connectivity index (χ3n) is 3.96. The fraction of sp³-hybridized carbons (Fsp3) is 0.533. The maximum Gasteiger partial charge on any atom is 0.405 e. The highest BCUT2D eigenvalue weighted by Gasteiger charge is 2.33. The van der Waals surface area contributed by atoms with E-state index >= 15 is 0 Å². The number of amides is 1. The number of non-ortho nitro benzene ring substituents is 1. The molecule has 1 fully saturated rings. The molecule has 0 aromatic heterocycles. The van der Waals surface area contributed by atoms with Gasteiger partial charge in [0.2, 0.25) is 5.91 Å². The maximum absolute atomic E-state index is 12.2. The summed E-state index contributed by atoms with van der Waals surface area (Å²) < 4.78 is 36.5. The lowest BCUT2D eigenvalue weighted by molar-refractivity contribution is -0.384. The van der Waals surface area contributed by atoms with Crippen LogP contribution < -0.4 is 5.32 Å². The molecule has 0 aliphatic carbocycles. The third kappa shape index (κ3) is 5.19. The predicted octanol–water partition coefficient (Wildman–Crippen LogP) is 2.28. The van der Waals surface area contributed by atoms with Crippen molar-refractivity contribution < 1.29 is 22.9 Å². The highest BCUT2D eigenvalue weighted by Crippen LogP contribution is 2.20. The first-order valence-corrected chi connectivity index (χ1v) is 7.58. The van der Waals surface area contributed by atoms with E-state index in [9.17, 15) is 28.1 Å². The van der Waals surface area contributed by atoms with Gasteiger partial charge in [0.05, 0.1) is 11.0 Å². The van der Waals surface area contributed by atoms with Crippen molar-refractivity contribution in [2.45, 2.75) is 31.5 Å². The molecule has 1 aromatic rings. The highest BCUT2D eigenvalue weighted by atomic mass is 19.4. The average molecular weight is 345 g/mol. The summed E-state index contributed by atoms with van der Waals surface area (Å²) >= 11 is 0. The van der Waals surface area contributed by atoms with E-state index < -0.39 is 29.6 Å². The second-order valence-electron chi connectivity index (χ2n) is 5.70. The van der Waals surface area contributed by atoms with Crippen LogP contribution in [0.2, 0.25) is 0 Å². The molecular weight excluding hydrogens is 327 g/mol. The molecule has 0 saturated carbocycles. The van der Waals surface area contributed by atoms with Gasteiger partial charge in [0.15, 0.2) is 0 Å². The second-order valence-corrected chi connectivity index (χ2v) is 5.70. The third-order valence-corrected chi connectivity index (χ3v) is 3.96. The Hall–Kier alpha value is -2.16. The second kappa shape index (κ2) is 7.61. The van der Waals surface area contributed by atoms with E-state index in [0.29, 0.717) is 25.9 Å². The van der Waals surface area contributed by atoms with Gasteiger partial charge in [-0.2, -0.15) is 13.2 Å². The van der Waals surface area contributed by atoms with Crippen molar-refractivity contribution in [1.29, 1.82) is 0 Å². The standard InChI is InChI=1S/C15H18F3N3O3/c16-15(17,18)10-19-14(22)13-2-1-8-20(13)9-7-11-3-5-12(6-4-11)21(23)24/h3-6,13H,1-2,7-10H2,(H,19,22). The Kier molecular flexibility index (Phi) is 5.76. The molecule has 0 bridgehead atoms. The molecule has 24 heavy (non-hydrogen) atoms. The zero-order valence-corrected chi connectivity index (χ0v) is 12.9. The van der Waals surface area contributed by atoms with Gasteiger partial charge >= 0.3 is 6.18 Å². The van der Waals surface area contributed by atoms with E-state index in [0.717, 1.165) is 12.0 Å². The number of benzene rings is 1. The molecule has 1 aromatic carbocycles. The lowest BCUT2D eigenvalue weighted by Gasteiger charge is -2.23. The van der Waals surface area contributed by atoms with Crippen molar-refractivity contribution in [3.05, 3.63) is 39.9 Å². The summed E-state index contributed by atoms with van der Waals surface area (Å²) in [5, 5.41) is 12.5. The molecule has 1 N–H and O–H groups in total. The minimum Gasteiger partial charge on any atom is -0.346 e. The fourth-order valence-electron chi connectivity index (χ4n) is 2.75. The first kappa shape index (κ1) is 18.2. The summed E-state index contributed by atoms with van der Waals surface area (Å²) in [6, 6.07) is 5.56. The monoisotopic (exact) mass is 345 g/mol. The van der Waals surface area contributed by atoms with Crippen molar-refractivity contribution in [2.75, 3.05) is 19.6 Å². The van der Waals surface area contributed by atoms with Crippen LogP contribution in [0.1, 0.15) is 18.4 Å². The normalized spacial score (nSPS) is 18.5. The van der Waals surface area contributed by atoms with E-state index in [1.54, 1.807) is 12.1 Å². The molecule has 132 valence electrons. The van der Waals surface area contributed by atoms with Crippen LogP contribution in [0.4, 0.5) is 18.9 Å². The number of carbonyl (C=O) groups excluding carboxylic acids is 1. The molecule has 1 atom stereocenters. The number of nitrogens with one attached hydrogen (secondary N) is 1. The lowest BCUT2D eigenvalue weighted by atomic mass is 10.1. The van der Waals surface area contributed by atoms with Crippen LogP contribution in [0.3, 0.4) is 0 Å². The largest absolute Gasteiger partial charge is 0.405 e. The van der Waals surface area contributed by atoms with Crippen LogP contribution in [0.5, 0.6) is 0 Å². The van der Waals surface area contributed by atoms with E-state index in [1.807, 2.05) is 10.2 Å². The minimum atomic E-state index is -4.42. The van der Waals surface area contributed by atoms with Crippen molar-refractivity contribution in [3.63, 3.8) is 0 Å². The zero-order chi connectivity index (χ0) is 17.7. The fourth-order valence-corrected chi connectivity index (χ4v) is 2.75. The number of hydrogen-bond donors (Lipinski definition) is 1. The first-order chi connectivity index (χ1) is 11.3. The van der Waals surface area contributed by atoms with Crippen LogP contribution in [0.15, 0.2) is 24.3 Å². The molecule has 1 aliphatic rings. The van der Waals surface area contributed by atoms with Crippen LogP contribution in [0.25, 0.3) is 0 Å². The van der Waals surface area contributed by atoms with Gasteiger partial charge in [0.25, 0.3) is 5.69 Å². The number of alkyl halides is 3. The summed E-state index contributed by atoms with van der Waals surface area (Å²) in [6.07, 6.45) is -2.56. The van der Waals surface area contributed by atoms with E-state index in [-0.39, 0.29) is 5.69 Å². The number of hydrogen-bond acceptors (Lipinski definition) is 4. The molecule has 6 nitrogen and oxygen atoms in total. The topological polar surface area (TPSA) is 75.5 Å². The Morgan fingerprint density at radius 3 is 2.58 bits per heavy atom. The molecule has 1 saturated heterocycles. The number of halogens is 3. The molecule has 1 amide bonds. The van der Waals surface area contributed by atoms with Crippen molar-refractivity contribution in [1.82, 2.24) is 10.2 Å². The van der Waals surface area contributed by atoms with Gasteiger partial charge in [-0.05, 0) is 31.4 Å². The number of nitro groups is 1. The molecule has 1 aliphatic heterocycles. The lowest BCUT2D eigenvalue weighted by Crippen LogP contribution is -2.46. The van der Waals surface area contributed by atoms with E-state index in [2.05, 4.69) is 0 Å². The maximum atomic E-state index is 12.2. The van der Waals surface area contributed by atoms with Crippen LogP contribution in [-0.4, -0.2) is 47.6 Å². The number of likely N-dealkylation sites (tertiary alicyclic amines) is 1. The molecule has 0 spiro atoms. The summed E-state index contributed by atoms with van der Waals surface area (Å²) in [5.74, 6) is -0.603. The zero-order valence-electron chi connectivity index (χ0n) is 12.9. The van der Waals surface area contributed by atoms with Crippen LogP contribution >= 0.6 is 0 Å². The SMILES string of the molecule is O=C(NCC(F)(F)F)C1CCCN1CCc1ccc([N+](=O)[O-])cc1. The molecule has 0 radical (unpaired) electrons. The Morgan fingerprint density at radius 1 is 1.33 bits per heavy atom. The number of carbonyl (C=O) groups is 1.